The summed E-state index contributed by atoms with van der Waals surface area (Å²) in [6, 6.07) is 5.64. The zero-order valence-electron chi connectivity index (χ0n) is 14.1. The molecular weight excluding hydrogens is 308 g/mol. The fourth-order valence-electron chi connectivity index (χ4n) is 4.56. The lowest BCUT2D eigenvalue weighted by molar-refractivity contribution is -0.163. The summed E-state index contributed by atoms with van der Waals surface area (Å²) in [5, 5.41) is 10.2. The standard InChI is InChI=1S/C18H24N2O4/c1-18(2)11-8-12-14(6-7-20(12)9-15(19)22)23-16(11)10-4-3-5-13(21)17(10)24-18/h3-5,11-12,14,16,21H,6-9H2,1-2H3,(H2,19,22)/t11-,12+,14-,16+/m1/s1. The van der Waals surface area contributed by atoms with Crippen molar-refractivity contribution in [1.82, 2.24) is 4.90 Å². The number of phenolic OH excluding ortho intramolecular Hbond substituents is 1. The van der Waals surface area contributed by atoms with Gasteiger partial charge in [-0.1, -0.05) is 12.1 Å². The lowest BCUT2D eigenvalue weighted by atomic mass is 9.74. The Morgan fingerprint density at radius 3 is 3.00 bits per heavy atom. The highest BCUT2D eigenvalue weighted by atomic mass is 16.5. The van der Waals surface area contributed by atoms with Gasteiger partial charge in [-0.25, -0.2) is 0 Å². The van der Waals surface area contributed by atoms with Crippen LogP contribution in [-0.4, -0.2) is 46.7 Å². The number of para-hydroxylation sites is 1. The van der Waals surface area contributed by atoms with E-state index in [4.69, 9.17) is 15.2 Å². The number of ether oxygens (including phenoxy) is 2. The van der Waals surface area contributed by atoms with Crippen LogP contribution in [0, 0.1) is 5.92 Å². The molecule has 1 amide bonds. The molecule has 2 fully saturated rings. The highest BCUT2D eigenvalue weighted by Gasteiger charge is 2.53. The first-order valence-electron chi connectivity index (χ1n) is 8.55. The number of amides is 1. The summed E-state index contributed by atoms with van der Waals surface area (Å²) in [5.74, 6) is 0.550. The Labute approximate surface area is 141 Å². The Bertz CT molecular complexity index is 675. The van der Waals surface area contributed by atoms with Crippen molar-refractivity contribution in [3.63, 3.8) is 0 Å². The van der Waals surface area contributed by atoms with Gasteiger partial charge in [0.05, 0.1) is 18.8 Å². The fourth-order valence-corrected chi connectivity index (χ4v) is 4.56. The van der Waals surface area contributed by atoms with E-state index in [1.807, 2.05) is 26.0 Å². The third-order valence-electron chi connectivity index (χ3n) is 5.73. The number of phenols is 1. The highest BCUT2D eigenvalue weighted by molar-refractivity contribution is 5.76. The van der Waals surface area contributed by atoms with E-state index in [1.165, 1.54) is 0 Å². The molecule has 0 saturated carbocycles. The van der Waals surface area contributed by atoms with Gasteiger partial charge >= 0.3 is 0 Å². The molecular formula is C18H24N2O4. The van der Waals surface area contributed by atoms with E-state index >= 15 is 0 Å². The molecule has 4 atom stereocenters. The summed E-state index contributed by atoms with van der Waals surface area (Å²) in [5.41, 5.74) is 5.85. The molecule has 3 heterocycles. The second-order valence-electron chi connectivity index (χ2n) is 7.63. The molecule has 3 aliphatic heterocycles. The first kappa shape index (κ1) is 15.7. The molecule has 1 aromatic carbocycles. The molecule has 3 N–H and O–H groups in total. The van der Waals surface area contributed by atoms with E-state index < -0.39 is 5.60 Å². The number of fused-ring (bicyclic) bond motifs is 4. The molecule has 6 heteroatoms. The molecule has 1 aromatic rings. The molecule has 0 bridgehead atoms. The molecule has 24 heavy (non-hydrogen) atoms. The maximum Gasteiger partial charge on any atom is 0.231 e. The number of nitrogens with zero attached hydrogens (tertiary/aromatic N) is 1. The van der Waals surface area contributed by atoms with Gasteiger partial charge < -0.3 is 20.3 Å². The fraction of sp³-hybridized carbons (Fsp3) is 0.611. The van der Waals surface area contributed by atoms with Crippen LogP contribution >= 0.6 is 0 Å². The minimum Gasteiger partial charge on any atom is -0.504 e. The van der Waals surface area contributed by atoms with Crippen molar-refractivity contribution in [3.8, 4) is 11.5 Å². The molecule has 0 aromatic heterocycles. The third kappa shape index (κ3) is 2.36. The first-order chi connectivity index (χ1) is 11.4. The number of carbonyl (C=O) groups is 1. The predicted molar refractivity (Wildman–Crippen MR) is 87.7 cm³/mol. The zero-order chi connectivity index (χ0) is 17.1. The maximum atomic E-state index is 11.3. The van der Waals surface area contributed by atoms with Crippen LogP contribution in [0.5, 0.6) is 11.5 Å². The lowest BCUT2D eigenvalue weighted by Crippen LogP contribution is -2.54. The molecule has 0 unspecified atom stereocenters. The topological polar surface area (TPSA) is 85.0 Å². The van der Waals surface area contributed by atoms with E-state index in [1.54, 1.807) is 6.07 Å². The van der Waals surface area contributed by atoms with Gasteiger partial charge in [0.2, 0.25) is 5.91 Å². The number of primary amides is 1. The Hall–Kier alpha value is -1.79. The largest absolute Gasteiger partial charge is 0.504 e. The molecule has 3 aliphatic rings. The monoisotopic (exact) mass is 332 g/mol. The number of benzene rings is 1. The van der Waals surface area contributed by atoms with Crippen LogP contribution in [0.3, 0.4) is 0 Å². The van der Waals surface area contributed by atoms with Gasteiger partial charge in [0.15, 0.2) is 11.5 Å². The summed E-state index contributed by atoms with van der Waals surface area (Å²) in [6.45, 7) is 5.18. The summed E-state index contributed by atoms with van der Waals surface area (Å²) >= 11 is 0. The predicted octanol–water partition coefficient (Wildman–Crippen LogP) is 1.57. The quantitative estimate of drug-likeness (QED) is 0.859. The summed E-state index contributed by atoms with van der Waals surface area (Å²) < 4.78 is 12.6. The van der Waals surface area contributed by atoms with Crippen molar-refractivity contribution in [3.05, 3.63) is 23.8 Å². The van der Waals surface area contributed by atoms with Crippen LogP contribution in [0.1, 0.15) is 38.4 Å². The summed E-state index contributed by atoms with van der Waals surface area (Å²) in [4.78, 5) is 13.5. The van der Waals surface area contributed by atoms with Gasteiger partial charge in [0.1, 0.15) is 5.60 Å². The second kappa shape index (κ2) is 5.36. The van der Waals surface area contributed by atoms with Crippen LogP contribution in [0.25, 0.3) is 0 Å². The van der Waals surface area contributed by atoms with Crippen LogP contribution in [0.4, 0.5) is 0 Å². The van der Waals surface area contributed by atoms with Crippen molar-refractivity contribution in [1.29, 1.82) is 0 Å². The number of hydrogen-bond acceptors (Lipinski definition) is 5. The zero-order valence-corrected chi connectivity index (χ0v) is 14.1. The Kier molecular flexibility index (Phi) is 3.51. The lowest BCUT2D eigenvalue weighted by Gasteiger charge is -2.50. The number of nitrogens with two attached hydrogens (primary N) is 1. The smallest absolute Gasteiger partial charge is 0.231 e. The third-order valence-corrected chi connectivity index (χ3v) is 5.73. The maximum absolute atomic E-state index is 11.3. The Morgan fingerprint density at radius 2 is 2.25 bits per heavy atom. The van der Waals surface area contributed by atoms with E-state index in [-0.39, 0.29) is 42.4 Å². The summed E-state index contributed by atoms with van der Waals surface area (Å²) in [6.07, 6.45) is 1.79. The number of rotatable bonds is 2. The van der Waals surface area contributed by atoms with Crippen molar-refractivity contribution < 1.29 is 19.4 Å². The first-order valence-corrected chi connectivity index (χ1v) is 8.55. The second-order valence-corrected chi connectivity index (χ2v) is 7.63. The van der Waals surface area contributed by atoms with Crippen molar-refractivity contribution in [2.75, 3.05) is 13.1 Å². The Balaban J connectivity index is 1.67. The van der Waals surface area contributed by atoms with Gasteiger partial charge in [-0.2, -0.15) is 0 Å². The van der Waals surface area contributed by atoms with E-state index in [9.17, 15) is 9.90 Å². The molecule has 4 rings (SSSR count). The molecule has 2 saturated heterocycles. The van der Waals surface area contributed by atoms with Gasteiger partial charge in [0.25, 0.3) is 0 Å². The molecule has 0 spiro atoms. The van der Waals surface area contributed by atoms with Gasteiger partial charge in [-0.3, -0.25) is 9.69 Å². The number of likely N-dealkylation sites (tertiary alicyclic amines) is 1. The normalized spacial score (nSPS) is 33.9. The number of aromatic hydroxyl groups is 1. The van der Waals surface area contributed by atoms with Crippen molar-refractivity contribution in [2.24, 2.45) is 11.7 Å². The number of hydrogen-bond donors (Lipinski definition) is 2. The van der Waals surface area contributed by atoms with E-state index in [0.29, 0.717) is 5.75 Å². The average Bonchev–Trinajstić information content (AvgIpc) is 2.89. The van der Waals surface area contributed by atoms with Crippen LogP contribution in [0.2, 0.25) is 0 Å². The molecule has 6 nitrogen and oxygen atoms in total. The van der Waals surface area contributed by atoms with Crippen molar-refractivity contribution in [2.45, 2.75) is 50.5 Å². The average molecular weight is 332 g/mol. The van der Waals surface area contributed by atoms with Crippen molar-refractivity contribution >= 4 is 5.91 Å². The van der Waals surface area contributed by atoms with E-state index in [2.05, 4.69) is 4.90 Å². The van der Waals surface area contributed by atoms with Crippen LogP contribution < -0.4 is 10.5 Å². The minimum absolute atomic E-state index is 0.0920. The molecule has 130 valence electrons. The van der Waals surface area contributed by atoms with Gasteiger partial charge in [0, 0.05) is 24.1 Å². The van der Waals surface area contributed by atoms with Gasteiger partial charge in [-0.15, -0.1) is 0 Å². The summed E-state index contributed by atoms with van der Waals surface area (Å²) in [7, 11) is 0. The number of carbonyl (C=O) groups excluding carboxylic acids is 1. The Morgan fingerprint density at radius 1 is 1.46 bits per heavy atom. The molecule has 0 aliphatic carbocycles. The van der Waals surface area contributed by atoms with Crippen LogP contribution in [0.15, 0.2) is 18.2 Å². The minimum atomic E-state index is -0.456. The van der Waals surface area contributed by atoms with Gasteiger partial charge in [-0.05, 0) is 32.8 Å². The SMILES string of the molecule is CC1(C)Oc2c(O)cccc2[C@@H]2O[C@@H]3CCN(CC(N)=O)[C@H]3C[C@H]21. The molecule has 0 radical (unpaired) electrons. The highest BCUT2D eigenvalue weighted by Crippen LogP contribution is 2.54. The van der Waals surface area contributed by atoms with E-state index in [0.717, 1.165) is 24.9 Å². The van der Waals surface area contributed by atoms with Crippen LogP contribution in [-0.2, 0) is 9.53 Å².